The number of carbonyl (C=O) groups excluding carboxylic acids is 1. The highest BCUT2D eigenvalue weighted by atomic mass is 32.1. The Morgan fingerprint density at radius 3 is 3.09 bits per heavy atom. The maximum atomic E-state index is 11.4. The molecule has 0 radical (unpaired) electrons. The lowest BCUT2D eigenvalue weighted by atomic mass is 10.0. The van der Waals surface area contributed by atoms with Crippen molar-refractivity contribution in [3.8, 4) is 0 Å². The molecule has 0 aliphatic carbocycles. The largest absolute Gasteiger partial charge is 0.369 e. The van der Waals surface area contributed by atoms with Gasteiger partial charge in [0.25, 0.3) is 5.91 Å². The molecule has 0 saturated carbocycles. The van der Waals surface area contributed by atoms with Crippen molar-refractivity contribution in [1.29, 1.82) is 0 Å². The summed E-state index contributed by atoms with van der Waals surface area (Å²) >= 11 is 1.79. The normalized spacial score (nSPS) is 18.5. The lowest BCUT2D eigenvalue weighted by molar-refractivity contribution is 0.100. The lowest BCUT2D eigenvalue weighted by Crippen LogP contribution is -2.38. The van der Waals surface area contributed by atoms with Gasteiger partial charge >= 0.3 is 0 Å². The third-order valence-corrected chi connectivity index (χ3v) is 5.19. The number of primary amides is 1. The van der Waals surface area contributed by atoms with E-state index < -0.39 is 5.91 Å². The van der Waals surface area contributed by atoms with Gasteiger partial charge in [-0.3, -0.25) is 4.79 Å². The summed E-state index contributed by atoms with van der Waals surface area (Å²) in [6.07, 6.45) is 1.54. The number of hydrogen-bond acceptors (Lipinski definition) is 5. The number of rotatable bonds is 6. The first-order valence-corrected chi connectivity index (χ1v) is 8.80. The van der Waals surface area contributed by atoms with E-state index in [1.54, 1.807) is 17.5 Å². The molecule has 1 aliphatic rings. The Bertz CT molecular complexity index is 664. The van der Waals surface area contributed by atoms with E-state index in [4.69, 9.17) is 5.73 Å². The zero-order valence-electron chi connectivity index (χ0n) is 13.5. The average molecular weight is 333 g/mol. The molecule has 124 valence electrons. The molecule has 3 heterocycles. The van der Waals surface area contributed by atoms with Gasteiger partial charge in [0.2, 0.25) is 0 Å². The summed E-state index contributed by atoms with van der Waals surface area (Å²) in [5.74, 6) is 1.26. The van der Waals surface area contributed by atoms with E-state index in [1.807, 2.05) is 4.68 Å². The van der Waals surface area contributed by atoms with E-state index in [-0.39, 0.29) is 0 Å². The number of aromatic nitrogens is 2. The number of thiophene rings is 1. The molecule has 4 N–H and O–H groups in total. The van der Waals surface area contributed by atoms with E-state index in [2.05, 4.69) is 47.1 Å². The number of carbonyl (C=O) groups is 1. The number of fused-ring (bicyclic) bond motifs is 1. The molecule has 2 aromatic rings. The van der Waals surface area contributed by atoms with Gasteiger partial charge in [0.15, 0.2) is 0 Å². The van der Waals surface area contributed by atoms with E-state index >= 15 is 0 Å². The van der Waals surface area contributed by atoms with Gasteiger partial charge < -0.3 is 16.4 Å². The summed E-state index contributed by atoms with van der Waals surface area (Å²) in [5, 5.41) is 13.4. The maximum Gasteiger partial charge on any atom is 0.254 e. The smallest absolute Gasteiger partial charge is 0.254 e. The van der Waals surface area contributed by atoms with Crippen LogP contribution in [-0.4, -0.2) is 28.8 Å². The molecule has 0 bridgehead atoms. The molecule has 2 atom stereocenters. The molecule has 1 aliphatic heterocycles. The van der Waals surface area contributed by atoms with Gasteiger partial charge in [-0.15, -0.1) is 11.3 Å². The first-order valence-electron chi connectivity index (χ1n) is 7.92. The van der Waals surface area contributed by atoms with Crippen LogP contribution in [0.5, 0.6) is 0 Å². The molecule has 7 heteroatoms. The van der Waals surface area contributed by atoms with Crippen LogP contribution in [0.4, 0.5) is 5.82 Å². The van der Waals surface area contributed by atoms with Crippen molar-refractivity contribution in [3.05, 3.63) is 34.2 Å². The predicted octanol–water partition coefficient (Wildman–Crippen LogP) is 2.07. The number of nitrogens with zero attached hydrogens (tertiary/aromatic N) is 2. The van der Waals surface area contributed by atoms with Crippen LogP contribution in [0.25, 0.3) is 0 Å². The molecule has 0 aromatic carbocycles. The molecule has 0 fully saturated rings. The van der Waals surface area contributed by atoms with Gasteiger partial charge in [-0.1, -0.05) is 19.9 Å². The fourth-order valence-corrected chi connectivity index (χ4v) is 3.98. The molecular weight excluding hydrogens is 310 g/mol. The number of amides is 1. The van der Waals surface area contributed by atoms with Crippen LogP contribution in [0.15, 0.2) is 23.7 Å². The Hall–Kier alpha value is -1.86. The van der Waals surface area contributed by atoms with E-state index in [9.17, 15) is 4.79 Å². The summed E-state index contributed by atoms with van der Waals surface area (Å²) in [4.78, 5) is 12.7. The fourth-order valence-electron chi connectivity index (χ4n) is 3.00. The van der Waals surface area contributed by atoms with Crippen molar-refractivity contribution in [2.24, 2.45) is 17.6 Å². The first kappa shape index (κ1) is 16.0. The summed E-state index contributed by atoms with van der Waals surface area (Å²) in [7, 11) is 0. The predicted molar refractivity (Wildman–Crippen MR) is 92.6 cm³/mol. The standard InChI is InChI=1S/C16H23N5OS/c1-10(2)14(13-4-3-5-23-13)18-6-11-7-19-16-12(15(17)22)8-20-21(16)9-11/h3-5,8,10-11,14,18-19H,6-7,9H2,1-2H3,(H2,17,22)/t11-,14-/m1/s1. The molecular formula is C16H23N5OS. The van der Waals surface area contributed by atoms with E-state index in [0.717, 1.165) is 25.5 Å². The van der Waals surface area contributed by atoms with Crippen LogP contribution >= 0.6 is 11.3 Å². The highest BCUT2D eigenvalue weighted by molar-refractivity contribution is 7.10. The molecule has 2 aromatic heterocycles. The van der Waals surface area contributed by atoms with E-state index in [1.165, 1.54) is 4.88 Å². The Morgan fingerprint density at radius 1 is 1.61 bits per heavy atom. The fraction of sp³-hybridized carbons (Fsp3) is 0.500. The molecule has 0 saturated heterocycles. The Balaban J connectivity index is 1.62. The van der Waals surface area contributed by atoms with Crippen molar-refractivity contribution >= 4 is 23.1 Å². The minimum atomic E-state index is -0.437. The number of hydrogen-bond donors (Lipinski definition) is 3. The second-order valence-electron chi connectivity index (χ2n) is 6.35. The second-order valence-corrected chi connectivity index (χ2v) is 7.32. The zero-order chi connectivity index (χ0) is 16.4. The first-order chi connectivity index (χ1) is 11.1. The summed E-state index contributed by atoms with van der Waals surface area (Å²) in [6.45, 7) is 6.98. The highest BCUT2D eigenvalue weighted by Crippen LogP contribution is 2.27. The van der Waals surface area contributed by atoms with Crippen molar-refractivity contribution in [2.45, 2.75) is 26.4 Å². The summed E-state index contributed by atoms with van der Waals surface area (Å²) < 4.78 is 1.84. The monoisotopic (exact) mass is 333 g/mol. The average Bonchev–Trinajstić information content (AvgIpc) is 3.15. The van der Waals surface area contributed by atoms with Gasteiger partial charge in [0.05, 0.1) is 6.20 Å². The molecule has 3 rings (SSSR count). The van der Waals surface area contributed by atoms with Gasteiger partial charge in [-0.05, 0) is 17.4 Å². The summed E-state index contributed by atoms with van der Waals surface area (Å²) in [6, 6.07) is 4.66. The van der Waals surface area contributed by atoms with E-state index in [0.29, 0.717) is 23.4 Å². The number of anilines is 1. The number of nitrogens with two attached hydrogens (primary N) is 1. The van der Waals surface area contributed by atoms with Crippen LogP contribution in [0.2, 0.25) is 0 Å². The summed E-state index contributed by atoms with van der Waals surface area (Å²) in [5.41, 5.74) is 5.83. The van der Waals surface area contributed by atoms with Crippen LogP contribution in [-0.2, 0) is 6.54 Å². The Kier molecular flexibility index (Phi) is 4.68. The minimum Gasteiger partial charge on any atom is -0.369 e. The second kappa shape index (κ2) is 6.72. The maximum absolute atomic E-state index is 11.4. The topological polar surface area (TPSA) is 85.0 Å². The lowest BCUT2D eigenvalue weighted by Gasteiger charge is -2.29. The number of nitrogens with one attached hydrogen (secondary N) is 2. The molecule has 6 nitrogen and oxygen atoms in total. The van der Waals surface area contributed by atoms with Crippen LogP contribution < -0.4 is 16.4 Å². The van der Waals surface area contributed by atoms with Crippen LogP contribution in [0.3, 0.4) is 0 Å². The van der Waals surface area contributed by atoms with Crippen LogP contribution in [0.1, 0.15) is 35.1 Å². The third kappa shape index (κ3) is 3.40. The van der Waals surface area contributed by atoms with Gasteiger partial charge in [-0.2, -0.15) is 5.10 Å². The zero-order valence-corrected chi connectivity index (χ0v) is 14.3. The van der Waals surface area contributed by atoms with Gasteiger partial charge in [-0.25, -0.2) is 4.68 Å². The minimum absolute atomic E-state index is 0.371. The highest BCUT2D eigenvalue weighted by Gasteiger charge is 2.25. The molecule has 0 spiro atoms. The SMILES string of the molecule is CC(C)[C@@H](NC[C@@H]1CNc2c(C(N)=O)cnn2C1)c1cccs1. The quantitative estimate of drug-likeness (QED) is 0.755. The third-order valence-electron chi connectivity index (χ3n) is 4.24. The van der Waals surface area contributed by atoms with Gasteiger partial charge in [0.1, 0.15) is 11.4 Å². The Morgan fingerprint density at radius 2 is 2.43 bits per heavy atom. The van der Waals surface area contributed by atoms with Gasteiger partial charge in [0, 0.05) is 36.5 Å². The van der Waals surface area contributed by atoms with Crippen molar-refractivity contribution in [3.63, 3.8) is 0 Å². The van der Waals surface area contributed by atoms with Crippen molar-refractivity contribution < 1.29 is 4.79 Å². The molecule has 23 heavy (non-hydrogen) atoms. The van der Waals surface area contributed by atoms with Crippen LogP contribution in [0, 0.1) is 11.8 Å². The van der Waals surface area contributed by atoms with Crippen molar-refractivity contribution in [1.82, 2.24) is 15.1 Å². The molecule has 0 unspecified atom stereocenters. The van der Waals surface area contributed by atoms with Crippen molar-refractivity contribution in [2.75, 3.05) is 18.4 Å². The Labute approximate surface area is 140 Å². The molecule has 1 amide bonds.